The van der Waals surface area contributed by atoms with Crippen LogP contribution in [0, 0.1) is 0 Å². The van der Waals surface area contributed by atoms with Crippen LogP contribution in [0.1, 0.15) is 11.4 Å². The van der Waals surface area contributed by atoms with Gasteiger partial charge in [-0.15, -0.1) is 0 Å². The van der Waals surface area contributed by atoms with Crippen molar-refractivity contribution < 1.29 is 0 Å². The fourth-order valence-corrected chi connectivity index (χ4v) is 3.79. The molecule has 4 heteroatoms. The highest BCUT2D eigenvalue weighted by Gasteiger charge is 2.11. The zero-order valence-electron chi connectivity index (χ0n) is 16.0. The lowest BCUT2D eigenvalue weighted by atomic mass is 10.0. The van der Waals surface area contributed by atoms with Crippen LogP contribution in [0.25, 0.3) is 39.5 Å². The van der Waals surface area contributed by atoms with Gasteiger partial charge in [0.2, 0.25) is 0 Å². The molecule has 4 aromatic carbocycles. The third-order valence-corrected chi connectivity index (χ3v) is 5.37. The second-order valence-electron chi connectivity index (χ2n) is 7.01. The monoisotopic (exact) mass is 408 g/mol. The zero-order chi connectivity index (χ0) is 20.5. The van der Waals surface area contributed by atoms with Crippen LogP contribution in [0.3, 0.4) is 0 Å². The molecule has 0 fully saturated rings. The summed E-state index contributed by atoms with van der Waals surface area (Å²) < 4.78 is 1.63. The third kappa shape index (κ3) is 3.30. The Morgan fingerprint density at radius 2 is 1.43 bits per heavy atom. The van der Waals surface area contributed by atoms with Crippen molar-refractivity contribution in [3.8, 4) is 5.69 Å². The molecule has 0 atom stereocenters. The van der Waals surface area contributed by atoms with Gasteiger partial charge < -0.3 is 0 Å². The summed E-state index contributed by atoms with van der Waals surface area (Å²) in [7, 11) is 0. The predicted octanol–water partition coefficient (Wildman–Crippen LogP) is 6.36. The van der Waals surface area contributed by atoms with Crippen LogP contribution < -0.4 is 5.56 Å². The van der Waals surface area contributed by atoms with Crippen LogP contribution >= 0.6 is 11.6 Å². The minimum absolute atomic E-state index is 0.111. The van der Waals surface area contributed by atoms with E-state index in [4.69, 9.17) is 16.6 Å². The van der Waals surface area contributed by atoms with Crippen LogP contribution in [0.15, 0.2) is 95.8 Å². The summed E-state index contributed by atoms with van der Waals surface area (Å²) in [5, 5.41) is 3.52. The molecule has 0 aliphatic carbocycles. The minimum Gasteiger partial charge on any atom is -0.268 e. The van der Waals surface area contributed by atoms with Gasteiger partial charge in [0.25, 0.3) is 5.56 Å². The van der Waals surface area contributed by atoms with Crippen LogP contribution in [-0.2, 0) is 0 Å². The molecule has 0 aliphatic rings. The standard InChI is InChI=1S/C26H17ClN2O/c27-20-13-15-21(16-14-20)29-25(28-24-11-4-3-10-23(24)26(29)30)17-12-19-8-5-7-18-6-1-2-9-22(18)19/h1-17H/b17-12+. The van der Waals surface area contributed by atoms with E-state index in [1.54, 1.807) is 22.8 Å². The molecular weight excluding hydrogens is 392 g/mol. The van der Waals surface area contributed by atoms with E-state index in [1.807, 2.05) is 60.7 Å². The lowest BCUT2D eigenvalue weighted by Crippen LogP contribution is -2.22. The van der Waals surface area contributed by atoms with E-state index in [2.05, 4.69) is 24.3 Å². The van der Waals surface area contributed by atoms with Gasteiger partial charge in [0.05, 0.1) is 16.6 Å². The molecule has 30 heavy (non-hydrogen) atoms. The molecule has 5 aromatic rings. The van der Waals surface area contributed by atoms with Gasteiger partial charge in [-0.25, -0.2) is 4.98 Å². The van der Waals surface area contributed by atoms with E-state index in [1.165, 1.54) is 5.39 Å². The Morgan fingerprint density at radius 3 is 2.27 bits per heavy atom. The molecule has 5 rings (SSSR count). The molecule has 1 aromatic heterocycles. The average molecular weight is 409 g/mol. The molecule has 0 amide bonds. The van der Waals surface area contributed by atoms with Crippen LogP contribution in [0.4, 0.5) is 0 Å². The second kappa shape index (κ2) is 7.62. The quantitative estimate of drug-likeness (QED) is 0.348. The van der Waals surface area contributed by atoms with Crippen LogP contribution in [0.2, 0.25) is 5.02 Å². The summed E-state index contributed by atoms with van der Waals surface area (Å²) in [5.74, 6) is 0.564. The van der Waals surface area contributed by atoms with Crippen molar-refractivity contribution in [3.05, 3.63) is 118 Å². The van der Waals surface area contributed by atoms with Crippen molar-refractivity contribution in [2.45, 2.75) is 0 Å². The van der Waals surface area contributed by atoms with Gasteiger partial charge in [-0.1, -0.05) is 72.3 Å². The number of rotatable bonds is 3. The number of fused-ring (bicyclic) bond motifs is 2. The van der Waals surface area contributed by atoms with E-state index in [9.17, 15) is 4.79 Å². The van der Waals surface area contributed by atoms with Crippen molar-refractivity contribution in [3.63, 3.8) is 0 Å². The Hall–Kier alpha value is -3.69. The summed E-state index contributed by atoms with van der Waals surface area (Å²) >= 11 is 6.05. The molecule has 0 radical (unpaired) electrons. The lowest BCUT2D eigenvalue weighted by molar-refractivity contribution is 0.944. The first-order chi connectivity index (χ1) is 14.7. The van der Waals surface area contributed by atoms with Gasteiger partial charge in [-0.05, 0) is 58.8 Å². The first-order valence-electron chi connectivity index (χ1n) is 9.64. The van der Waals surface area contributed by atoms with Crippen LogP contribution in [-0.4, -0.2) is 9.55 Å². The molecule has 0 bridgehead atoms. The van der Waals surface area contributed by atoms with Crippen molar-refractivity contribution in [1.29, 1.82) is 0 Å². The second-order valence-corrected chi connectivity index (χ2v) is 7.44. The number of aromatic nitrogens is 2. The van der Waals surface area contributed by atoms with E-state index >= 15 is 0 Å². The third-order valence-electron chi connectivity index (χ3n) is 5.12. The van der Waals surface area contributed by atoms with E-state index in [0.717, 1.165) is 16.6 Å². The maximum atomic E-state index is 13.3. The number of halogens is 1. The van der Waals surface area contributed by atoms with E-state index < -0.39 is 0 Å². The minimum atomic E-state index is -0.111. The van der Waals surface area contributed by atoms with Gasteiger partial charge in [-0.2, -0.15) is 0 Å². The molecular formula is C26H17ClN2O. The number of para-hydroxylation sites is 1. The number of hydrogen-bond acceptors (Lipinski definition) is 2. The van der Waals surface area contributed by atoms with Gasteiger partial charge >= 0.3 is 0 Å². The lowest BCUT2D eigenvalue weighted by Gasteiger charge is -2.11. The molecule has 0 saturated carbocycles. The summed E-state index contributed by atoms with van der Waals surface area (Å²) in [5.41, 5.74) is 2.35. The highest BCUT2D eigenvalue weighted by molar-refractivity contribution is 6.30. The summed E-state index contributed by atoms with van der Waals surface area (Å²) in [6, 6.07) is 29.0. The fourth-order valence-electron chi connectivity index (χ4n) is 3.66. The fraction of sp³-hybridized carbons (Fsp3) is 0. The zero-order valence-corrected chi connectivity index (χ0v) is 16.8. The maximum Gasteiger partial charge on any atom is 0.266 e. The SMILES string of the molecule is O=c1c2ccccc2nc(/C=C/c2cccc3ccccc23)n1-c1ccc(Cl)cc1. The normalized spacial score (nSPS) is 11.5. The Bertz CT molecular complexity index is 1460. The first-order valence-corrected chi connectivity index (χ1v) is 10.0. The van der Waals surface area contributed by atoms with Crippen molar-refractivity contribution >= 4 is 45.4 Å². The van der Waals surface area contributed by atoms with Gasteiger partial charge in [0, 0.05) is 5.02 Å². The number of benzene rings is 4. The first kappa shape index (κ1) is 18.3. The molecule has 1 heterocycles. The van der Waals surface area contributed by atoms with Gasteiger partial charge in [0.15, 0.2) is 0 Å². The topological polar surface area (TPSA) is 34.9 Å². The summed E-state index contributed by atoms with van der Waals surface area (Å²) in [6.45, 7) is 0. The highest BCUT2D eigenvalue weighted by Crippen LogP contribution is 2.22. The van der Waals surface area contributed by atoms with E-state index in [-0.39, 0.29) is 5.56 Å². The largest absolute Gasteiger partial charge is 0.268 e. The average Bonchev–Trinajstić information content (AvgIpc) is 2.79. The van der Waals surface area contributed by atoms with Gasteiger partial charge in [-0.3, -0.25) is 9.36 Å². The summed E-state index contributed by atoms with van der Waals surface area (Å²) in [4.78, 5) is 18.1. The smallest absolute Gasteiger partial charge is 0.266 e. The molecule has 0 unspecified atom stereocenters. The molecule has 0 spiro atoms. The molecule has 0 saturated heterocycles. The molecule has 144 valence electrons. The Labute approximate surface area is 178 Å². The Kier molecular flexibility index (Phi) is 4.66. The molecule has 0 N–H and O–H groups in total. The van der Waals surface area contributed by atoms with Crippen molar-refractivity contribution in [2.75, 3.05) is 0 Å². The summed E-state index contributed by atoms with van der Waals surface area (Å²) in [6.07, 6.45) is 3.90. The van der Waals surface area contributed by atoms with Crippen LogP contribution in [0.5, 0.6) is 0 Å². The number of hydrogen-bond donors (Lipinski definition) is 0. The molecule has 3 nitrogen and oxygen atoms in total. The van der Waals surface area contributed by atoms with E-state index in [0.29, 0.717) is 21.7 Å². The highest BCUT2D eigenvalue weighted by atomic mass is 35.5. The van der Waals surface area contributed by atoms with Gasteiger partial charge in [0.1, 0.15) is 5.82 Å². The maximum absolute atomic E-state index is 13.3. The van der Waals surface area contributed by atoms with Crippen molar-refractivity contribution in [2.24, 2.45) is 0 Å². The van der Waals surface area contributed by atoms with Crippen molar-refractivity contribution in [1.82, 2.24) is 9.55 Å². The Morgan fingerprint density at radius 1 is 0.733 bits per heavy atom. The Balaban J connectivity index is 1.73. The molecule has 0 aliphatic heterocycles. The number of nitrogens with zero attached hydrogens (tertiary/aromatic N) is 2. The predicted molar refractivity (Wildman–Crippen MR) is 125 cm³/mol.